The molecule has 0 aromatic heterocycles. The molecule has 0 saturated heterocycles. The Labute approximate surface area is 144 Å². The molecule has 127 valence electrons. The summed E-state index contributed by atoms with van der Waals surface area (Å²) in [6.45, 7) is 4.72. The third kappa shape index (κ3) is 3.06. The molecule has 1 aromatic carbocycles. The van der Waals surface area contributed by atoms with Gasteiger partial charge in [0.15, 0.2) is 0 Å². The fraction of sp³-hybridized carbons (Fsp3) is 0.333. The van der Waals surface area contributed by atoms with E-state index in [-0.39, 0.29) is 9.52 Å². The van der Waals surface area contributed by atoms with Crippen LogP contribution in [0, 0.1) is 0 Å². The van der Waals surface area contributed by atoms with E-state index in [0.717, 1.165) is 0 Å². The Morgan fingerprint density at radius 2 is 1.70 bits per heavy atom. The third-order valence-corrected chi connectivity index (χ3v) is 19.9. The summed E-state index contributed by atoms with van der Waals surface area (Å²) in [6, 6.07) is 11.2. The molecule has 0 nitrogen and oxygen atoms in total. The van der Waals surface area contributed by atoms with Gasteiger partial charge in [-0.1, -0.05) is 0 Å². The van der Waals surface area contributed by atoms with Gasteiger partial charge >= 0.3 is 145 Å². The molecule has 0 bridgehead atoms. The van der Waals surface area contributed by atoms with Gasteiger partial charge in [0, 0.05) is 0 Å². The van der Waals surface area contributed by atoms with Crippen molar-refractivity contribution >= 4 is 14.7 Å². The molecule has 2 heteroatoms. The van der Waals surface area contributed by atoms with E-state index in [1.165, 1.54) is 12.8 Å². The van der Waals surface area contributed by atoms with E-state index in [4.69, 9.17) is 0 Å². The maximum absolute atomic E-state index is 2.67. The standard InChI is InChI=1S/C13H15Si.C5H5.3CH3.Pt/c1-10-8-9-13(11(10)2)14-12-6-4-3-5-7-12;1-2-4-5-3-1;;;;/h3-7H,8,14H2,1-2H3;1-3H,4H2;3*1H3;. The minimum atomic E-state index is -2.67. The summed E-state index contributed by atoms with van der Waals surface area (Å²) in [5.74, 6) is 0. The van der Waals surface area contributed by atoms with Gasteiger partial charge in [0.2, 0.25) is 0 Å². The molecule has 2 aliphatic rings. The molecule has 0 atom stereocenters. The summed E-state index contributed by atoms with van der Waals surface area (Å²) in [5, 5.41) is 11.2. The van der Waals surface area contributed by atoms with Crippen LogP contribution in [-0.4, -0.2) is 9.52 Å². The van der Waals surface area contributed by atoms with Gasteiger partial charge in [-0.25, -0.2) is 0 Å². The fourth-order valence-electron chi connectivity index (χ4n) is 3.40. The Bertz CT molecular complexity index is 752. The predicted octanol–water partition coefficient (Wildman–Crippen LogP) is 5.11. The first kappa shape index (κ1) is 16.9. The zero-order valence-electron chi connectivity index (χ0n) is 15.1. The van der Waals surface area contributed by atoms with Crippen LogP contribution in [-0.2, 0) is 14.8 Å². The van der Waals surface area contributed by atoms with Crippen LogP contribution in [0.1, 0.15) is 26.7 Å². The first-order valence-corrected chi connectivity index (χ1v) is 18.6. The number of allylic oxidation sites excluding steroid dienone is 8. The van der Waals surface area contributed by atoms with E-state index in [1.54, 1.807) is 25.5 Å². The van der Waals surface area contributed by atoms with Gasteiger partial charge in [-0.05, 0) is 0 Å². The van der Waals surface area contributed by atoms with Crippen LogP contribution in [0.2, 0.25) is 15.9 Å². The van der Waals surface area contributed by atoms with Gasteiger partial charge in [-0.2, -0.15) is 0 Å². The zero-order valence-corrected chi connectivity index (χ0v) is 18.7. The summed E-state index contributed by atoms with van der Waals surface area (Å²) < 4.78 is 3.60. The second-order valence-electron chi connectivity index (χ2n) is 7.27. The molecule has 3 rings (SSSR count). The molecule has 0 unspecified atom stereocenters. The third-order valence-electron chi connectivity index (χ3n) is 5.12. The molecule has 0 saturated carbocycles. The maximum atomic E-state index is 2.63. The summed E-state index contributed by atoms with van der Waals surface area (Å²) in [4.78, 5) is 0. The van der Waals surface area contributed by atoms with Crippen LogP contribution in [0.25, 0.3) is 0 Å². The van der Waals surface area contributed by atoms with Crippen molar-refractivity contribution in [3.63, 3.8) is 0 Å². The number of benzene rings is 1. The van der Waals surface area contributed by atoms with E-state index in [2.05, 4.69) is 78.3 Å². The summed E-state index contributed by atoms with van der Waals surface area (Å²) in [6.07, 6.45) is 9.44. The molecule has 1 aromatic rings. The zero-order chi connectivity index (χ0) is 16.7. The van der Waals surface area contributed by atoms with Crippen molar-refractivity contribution in [3.8, 4) is 0 Å². The first-order chi connectivity index (χ1) is 10.8. The molecular formula is C21H29PtSi. The van der Waals surface area contributed by atoms with Crippen LogP contribution >= 0.6 is 0 Å². The molecular weight excluding hydrogens is 475 g/mol. The van der Waals surface area contributed by atoms with E-state index < -0.39 is 14.8 Å². The van der Waals surface area contributed by atoms with E-state index in [0.29, 0.717) is 0 Å². The van der Waals surface area contributed by atoms with E-state index in [9.17, 15) is 0 Å². The summed E-state index contributed by atoms with van der Waals surface area (Å²) in [7, 11) is -0.385. The molecule has 0 aliphatic heterocycles. The van der Waals surface area contributed by atoms with Crippen LogP contribution in [0.15, 0.2) is 72.8 Å². The minimum absolute atomic E-state index is 0.385. The van der Waals surface area contributed by atoms with Crippen LogP contribution in [0.4, 0.5) is 0 Å². The monoisotopic (exact) mass is 504 g/mol. The molecule has 0 spiro atoms. The summed E-state index contributed by atoms with van der Waals surface area (Å²) in [5.41, 5.74) is 3.23. The van der Waals surface area contributed by atoms with Gasteiger partial charge in [0.25, 0.3) is 0 Å². The van der Waals surface area contributed by atoms with Crippen molar-refractivity contribution < 1.29 is 14.8 Å². The molecule has 23 heavy (non-hydrogen) atoms. The molecule has 2 aliphatic carbocycles. The van der Waals surface area contributed by atoms with E-state index >= 15 is 0 Å². The number of hydrogen-bond donors (Lipinski definition) is 0. The normalized spacial score (nSPS) is 20.6. The predicted molar refractivity (Wildman–Crippen MR) is 104 cm³/mol. The second-order valence-corrected chi connectivity index (χ2v) is 26.2. The van der Waals surface area contributed by atoms with Crippen molar-refractivity contribution in [2.75, 3.05) is 0 Å². The molecule has 0 N–H and O–H groups in total. The Kier molecular flexibility index (Phi) is 4.32. The Hall–Kier alpha value is -0.915. The fourth-order valence-corrected chi connectivity index (χ4v) is 18.1. The SMILES string of the molecule is CC1=C(C)C([SiH2]c2ccccc2)=[C]([Pt]([CH3])([CH3])([CH3])[C]2=CC=CC2)C1. The molecule has 0 fully saturated rings. The molecule has 0 radical (unpaired) electrons. The number of hydrogen-bond acceptors (Lipinski definition) is 0. The average molecular weight is 505 g/mol. The van der Waals surface area contributed by atoms with Gasteiger partial charge in [-0.15, -0.1) is 0 Å². The summed E-state index contributed by atoms with van der Waals surface area (Å²) >= 11 is -2.67. The van der Waals surface area contributed by atoms with Crippen molar-refractivity contribution in [1.82, 2.24) is 0 Å². The Morgan fingerprint density at radius 1 is 1.00 bits per heavy atom. The van der Waals surface area contributed by atoms with Gasteiger partial charge in [0.05, 0.1) is 0 Å². The van der Waals surface area contributed by atoms with Gasteiger partial charge in [0.1, 0.15) is 0 Å². The van der Waals surface area contributed by atoms with Crippen molar-refractivity contribution in [2.45, 2.75) is 42.6 Å². The van der Waals surface area contributed by atoms with E-state index in [1.807, 2.05) is 3.96 Å². The quantitative estimate of drug-likeness (QED) is 0.500. The van der Waals surface area contributed by atoms with Crippen molar-refractivity contribution in [1.29, 1.82) is 0 Å². The molecule has 0 amide bonds. The Balaban J connectivity index is 2.07. The number of rotatable bonds is 4. The topological polar surface area (TPSA) is 0 Å². The van der Waals surface area contributed by atoms with Crippen LogP contribution in [0.5, 0.6) is 0 Å². The first-order valence-electron chi connectivity index (χ1n) is 8.06. The second kappa shape index (κ2) is 5.86. The van der Waals surface area contributed by atoms with Gasteiger partial charge in [-0.3, -0.25) is 0 Å². The van der Waals surface area contributed by atoms with Crippen molar-refractivity contribution in [2.24, 2.45) is 0 Å². The van der Waals surface area contributed by atoms with Gasteiger partial charge < -0.3 is 0 Å². The van der Waals surface area contributed by atoms with Crippen LogP contribution in [0.3, 0.4) is 0 Å². The molecule has 0 heterocycles. The average Bonchev–Trinajstić information content (AvgIpc) is 3.13. The van der Waals surface area contributed by atoms with Crippen LogP contribution < -0.4 is 5.19 Å². The Morgan fingerprint density at radius 3 is 2.30 bits per heavy atom. The van der Waals surface area contributed by atoms with Crippen molar-refractivity contribution in [3.05, 3.63) is 72.8 Å².